The zero-order valence-corrected chi connectivity index (χ0v) is 12.5. The van der Waals surface area contributed by atoms with Gasteiger partial charge in [0.1, 0.15) is 5.75 Å². The zero-order valence-electron chi connectivity index (χ0n) is 10.9. The van der Waals surface area contributed by atoms with E-state index in [1.54, 1.807) is 19.1 Å². The molecule has 0 bridgehead atoms. The van der Waals surface area contributed by atoms with Gasteiger partial charge in [-0.15, -0.1) is 0 Å². The van der Waals surface area contributed by atoms with Gasteiger partial charge in [-0.3, -0.25) is 9.59 Å². The molecule has 0 fully saturated rings. The van der Waals surface area contributed by atoms with E-state index < -0.39 is 0 Å². The van der Waals surface area contributed by atoms with Crippen molar-refractivity contribution in [3.05, 3.63) is 22.7 Å². The summed E-state index contributed by atoms with van der Waals surface area (Å²) in [6, 6.07) is 5.29. The Bertz CT molecular complexity index is 462. The molecular formula is C13H16BrNO4. The normalized spacial score (nSPS) is 9.84. The number of nitrogens with one attached hydrogen (secondary N) is 1. The fourth-order valence-electron chi connectivity index (χ4n) is 1.44. The number of carbonyl (C=O) groups excluding carboxylic acids is 2. The van der Waals surface area contributed by atoms with Crippen molar-refractivity contribution in [3.63, 3.8) is 0 Å². The van der Waals surface area contributed by atoms with Crippen molar-refractivity contribution < 1.29 is 19.1 Å². The van der Waals surface area contributed by atoms with Crippen LogP contribution in [0.2, 0.25) is 0 Å². The molecule has 0 aliphatic rings. The van der Waals surface area contributed by atoms with Crippen LogP contribution >= 0.6 is 15.9 Å². The number of rotatable bonds is 6. The van der Waals surface area contributed by atoms with E-state index in [9.17, 15) is 9.59 Å². The van der Waals surface area contributed by atoms with Gasteiger partial charge in [0.2, 0.25) is 5.91 Å². The van der Waals surface area contributed by atoms with Gasteiger partial charge in [-0.2, -0.15) is 0 Å². The van der Waals surface area contributed by atoms with Crippen molar-refractivity contribution in [2.75, 3.05) is 19.0 Å². The third-order valence-electron chi connectivity index (χ3n) is 2.30. The van der Waals surface area contributed by atoms with E-state index >= 15 is 0 Å². The van der Waals surface area contributed by atoms with Crippen molar-refractivity contribution in [2.45, 2.75) is 19.8 Å². The molecule has 1 rings (SSSR count). The Morgan fingerprint density at radius 1 is 1.32 bits per heavy atom. The maximum absolute atomic E-state index is 11.7. The maximum atomic E-state index is 11.7. The van der Waals surface area contributed by atoms with E-state index in [1.807, 2.05) is 6.07 Å². The number of amides is 1. The molecule has 0 saturated carbocycles. The number of anilines is 1. The van der Waals surface area contributed by atoms with Crippen molar-refractivity contribution in [1.82, 2.24) is 0 Å². The zero-order chi connectivity index (χ0) is 14.3. The minimum atomic E-state index is -0.376. The van der Waals surface area contributed by atoms with Crippen LogP contribution in [0.1, 0.15) is 19.8 Å². The van der Waals surface area contributed by atoms with Crippen LogP contribution in [0.15, 0.2) is 22.7 Å². The number of ether oxygens (including phenoxy) is 2. The molecule has 1 aromatic carbocycles. The molecular weight excluding hydrogens is 314 g/mol. The van der Waals surface area contributed by atoms with Crippen molar-refractivity contribution >= 4 is 33.5 Å². The van der Waals surface area contributed by atoms with Crippen LogP contribution in [0.4, 0.5) is 5.69 Å². The molecule has 0 atom stereocenters. The molecule has 0 aromatic heterocycles. The molecule has 0 radical (unpaired) electrons. The summed E-state index contributed by atoms with van der Waals surface area (Å²) in [5, 5.41) is 2.70. The lowest BCUT2D eigenvalue weighted by atomic mass is 10.2. The Labute approximate surface area is 120 Å². The van der Waals surface area contributed by atoms with Crippen molar-refractivity contribution in [1.29, 1.82) is 0 Å². The third kappa shape index (κ3) is 5.30. The molecule has 0 unspecified atom stereocenters. The second-order valence-corrected chi connectivity index (χ2v) is 4.61. The lowest BCUT2D eigenvalue weighted by molar-refractivity contribution is -0.144. The number of benzene rings is 1. The van der Waals surface area contributed by atoms with Crippen LogP contribution in [0.5, 0.6) is 5.75 Å². The summed E-state index contributed by atoms with van der Waals surface area (Å²) in [5.41, 5.74) is 0.561. The lowest BCUT2D eigenvalue weighted by Crippen LogP contribution is -2.15. The SMILES string of the molecule is CCOC(=O)CCC(=O)Nc1cc(Br)ccc1OC. The first-order chi connectivity index (χ1) is 9.06. The largest absolute Gasteiger partial charge is 0.495 e. The van der Waals surface area contributed by atoms with Gasteiger partial charge < -0.3 is 14.8 Å². The Morgan fingerprint density at radius 2 is 2.05 bits per heavy atom. The number of methoxy groups -OCH3 is 1. The predicted octanol–water partition coefficient (Wildman–Crippen LogP) is 2.74. The molecule has 1 N–H and O–H groups in total. The summed E-state index contributed by atoms with van der Waals surface area (Å²) in [6.07, 6.45) is 0.143. The Hall–Kier alpha value is -1.56. The first kappa shape index (κ1) is 15.5. The first-order valence-electron chi connectivity index (χ1n) is 5.85. The van der Waals surface area contributed by atoms with E-state index in [-0.39, 0.29) is 24.7 Å². The molecule has 1 aromatic rings. The van der Waals surface area contributed by atoms with Crippen LogP contribution in [-0.2, 0) is 14.3 Å². The molecule has 6 heteroatoms. The van der Waals surface area contributed by atoms with Gasteiger partial charge in [-0.05, 0) is 25.1 Å². The number of halogens is 1. The molecule has 0 saturated heterocycles. The van der Waals surface area contributed by atoms with E-state index in [2.05, 4.69) is 21.2 Å². The summed E-state index contributed by atoms with van der Waals surface area (Å²) in [5.74, 6) is -0.0732. The molecule has 1 amide bonds. The Balaban J connectivity index is 2.57. The van der Waals surface area contributed by atoms with Gasteiger partial charge in [0.15, 0.2) is 0 Å². The van der Waals surface area contributed by atoms with Gasteiger partial charge in [-0.25, -0.2) is 0 Å². The van der Waals surface area contributed by atoms with E-state index in [0.717, 1.165) is 4.47 Å². The van der Waals surface area contributed by atoms with E-state index in [4.69, 9.17) is 9.47 Å². The Kier molecular flexibility index (Phi) is 6.35. The summed E-state index contributed by atoms with van der Waals surface area (Å²) in [7, 11) is 1.53. The highest BCUT2D eigenvalue weighted by Gasteiger charge is 2.10. The molecule has 0 heterocycles. The average Bonchev–Trinajstić information content (AvgIpc) is 2.37. The number of hydrogen-bond acceptors (Lipinski definition) is 4. The maximum Gasteiger partial charge on any atom is 0.306 e. The van der Waals surface area contributed by atoms with Crippen LogP contribution in [0.25, 0.3) is 0 Å². The summed E-state index contributed by atoms with van der Waals surface area (Å²) in [4.78, 5) is 22.9. The van der Waals surface area contributed by atoms with Gasteiger partial charge in [0, 0.05) is 10.9 Å². The van der Waals surface area contributed by atoms with E-state index in [1.165, 1.54) is 7.11 Å². The van der Waals surface area contributed by atoms with Crippen LogP contribution in [0.3, 0.4) is 0 Å². The molecule has 19 heavy (non-hydrogen) atoms. The molecule has 104 valence electrons. The van der Waals surface area contributed by atoms with Crippen molar-refractivity contribution in [3.8, 4) is 5.75 Å². The fourth-order valence-corrected chi connectivity index (χ4v) is 1.80. The summed E-state index contributed by atoms with van der Waals surface area (Å²) < 4.78 is 10.7. The van der Waals surface area contributed by atoms with E-state index in [0.29, 0.717) is 18.0 Å². The van der Waals surface area contributed by atoms with Gasteiger partial charge in [0.05, 0.1) is 25.8 Å². The average molecular weight is 330 g/mol. The highest BCUT2D eigenvalue weighted by atomic mass is 79.9. The topological polar surface area (TPSA) is 64.6 Å². The fraction of sp³-hybridized carbons (Fsp3) is 0.385. The first-order valence-corrected chi connectivity index (χ1v) is 6.65. The minimum Gasteiger partial charge on any atom is -0.495 e. The quantitative estimate of drug-likeness (QED) is 0.815. The smallest absolute Gasteiger partial charge is 0.306 e. The number of esters is 1. The predicted molar refractivity (Wildman–Crippen MR) is 75.2 cm³/mol. The number of hydrogen-bond donors (Lipinski definition) is 1. The summed E-state index contributed by atoms with van der Waals surface area (Å²) in [6.45, 7) is 2.05. The lowest BCUT2D eigenvalue weighted by Gasteiger charge is -2.10. The van der Waals surface area contributed by atoms with Crippen LogP contribution in [0, 0.1) is 0 Å². The van der Waals surface area contributed by atoms with Gasteiger partial charge >= 0.3 is 5.97 Å². The van der Waals surface area contributed by atoms with Gasteiger partial charge in [0.25, 0.3) is 0 Å². The standard InChI is InChI=1S/C13H16BrNO4/c1-3-19-13(17)7-6-12(16)15-10-8-9(14)4-5-11(10)18-2/h4-5,8H,3,6-7H2,1-2H3,(H,15,16). The van der Waals surface area contributed by atoms with Crippen LogP contribution < -0.4 is 10.1 Å². The number of carbonyl (C=O) groups is 2. The third-order valence-corrected chi connectivity index (χ3v) is 2.79. The van der Waals surface area contributed by atoms with Gasteiger partial charge in [-0.1, -0.05) is 15.9 Å². The van der Waals surface area contributed by atoms with Crippen molar-refractivity contribution in [2.24, 2.45) is 0 Å². The van der Waals surface area contributed by atoms with Crippen LogP contribution in [-0.4, -0.2) is 25.6 Å². The second kappa shape index (κ2) is 7.78. The highest BCUT2D eigenvalue weighted by molar-refractivity contribution is 9.10. The molecule has 5 nitrogen and oxygen atoms in total. The monoisotopic (exact) mass is 329 g/mol. The molecule has 0 aliphatic heterocycles. The molecule has 0 aliphatic carbocycles. The minimum absolute atomic E-state index is 0.0655. The Morgan fingerprint density at radius 3 is 2.68 bits per heavy atom. The summed E-state index contributed by atoms with van der Waals surface area (Å²) >= 11 is 3.32. The second-order valence-electron chi connectivity index (χ2n) is 3.70. The molecule has 0 spiro atoms. The highest BCUT2D eigenvalue weighted by Crippen LogP contribution is 2.27.